The van der Waals surface area contributed by atoms with E-state index in [1.54, 1.807) is 7.11 Å². The number of nitrogens with zero attached hydrogens (tertiary/aromatic N) is 2. The lowest BCUT2D eigenvalue weighted by molar-refractivity contribution is -0.115. The van der Waals surface area contributed by atoms with Gasteiger partial charge in [-0.2, -0.15) is 5.26 Å². The molecule has 5 nitrogen and oxygen atoms in total. The molecule has 4 rings (SSSR count). The van der Waals surface area contributed by atoms with Gasteiger partial charge in [0.05, 0.1) is 23.6 Å². The number of aryl methyl sites for hydroxylation is 1. The van der Waals surface area contributed by atoms with Gasteiger partial charge in [0, 0.05) is 16.8 Å². The van der Waals surface area contributed by atoms with Crippen molar-refractivity contribution in [1.82, 2.24) is 4.98 Å². The van der Waals surface area contributed by atoms with Gasteiger partial charge in [-0.15, -0.1) is 0 Å². The van der Waals surface area contributed by atoms with Crippen molar-refractivity contribution >= 4 is 23.4 Å². The number of carbonyl (C=O) groups excluding carboxylic acids is 1. The van der Waals surface area contributed by atoms with E-state index in [0.29, 0.717) is 10.6 Å². The van der Waals surface area contributed by atoms with Crippen LogP contribution in [-0.2, 0) is 4.79 Å². The molecule has 35 heavy (non-hydrogen) atoms. The Morgan fingerprint density at radius 3 is 2.34 bits per heavy atom. The molecule has 1 heterocycles. The summed E-state index contributed by atoms with van der Waals surface area (Å²) >= 11 is 1.28. The van der Waals surface area contributed by atoms with Crippen LogP contribution in [0.4, 0.5) is 5.69 Å². The van der Waals surface area contributed by atoms with Crippen LogP contribution in [0.3, 0.4) is 0 Å². The van der Waals surface area contributed by atoms with E-state index in [2.05, 4.69) is 11.4 Å². The van der Waals surface area contributed by atoms with Gasteiger partial charge in [-0.1, -0.05) is 72.4 Å². The molecule has 0 aliphatic carbocycles. The van der Waals surface area contributed by atoms with E-state index in [-0.39, 0.29) is 5.91 Å². The first-order valence-electron chi connectivity index (χ1n) is 11.2. The monoisotopic (exact) mass is 479 g/mol. The summed E-state index contributed by atoms with van der Waals surface area (Å²) in [7, 11) is 1.62. The predicted molar refractivity (Wildman–Crippen MR) is 142 cm³/mol. The number of nitrogens with one attached hydrogen (secondary N) is 1. The third-order valence-corrected chi connectivity index (χ3v) is 6.72. The number of para-hydroxylation sites is 1. The van der Waals surface area contributed by atoms with E-state index in [1.165, 1.54) is 11.8 Å². The molecule has 0 spiro atoms. The van der Waals surface area contributed by atoms with Crippen LogP contribution in [0.15, 0.2) is 90.0 Å². The summed E-state index contributed by atoms with van der Waals surface area (Å²) in [5.74, 6) is 0.590. The molecule has 0 radical (unpaired) electrons. The molecule has 3 aromatic carbocycles. The molecule has 0 saturated carbocycles. The van der Waals surface area contributed by atoms with Crippen molar-refractivity contribution in [2.24, 2.45) is 0 Å². The molecule has 4 aromatic rings. The Morgan fingerprint density at radius 2 is 1.69 bits per heavy atom. The fourth-order valence-corrected chi connectivity index (χ4v) is 4.56. The van der Waals surface area contributed by atoms with Crippen molar-refractivity contribution in [3.63, 3.8) is 0 Å². The van der Waals surface area contributed by atoms with Crippen molar-refractivity contribution in [1.29, 1.82) is 5.26 Å². The molecule has 0 aliphatic heterocycles. The molecule has 6 heteroatoms. The Labute approximate surface area is 209 Å². The number of thioether (sulfide) groups is 1. The van der Waals surface area contributed by atoms with Gasteiger partial charge in [-0.25, -0.2) is 4.98 Å². The second-order valence-electron chi connectivity index (χ2n) is 8.01. The van der Waals surface area contributed by atoms with E-state index in [1.807, 2.05) is 98.8 Å². The summed E-state index contributed by atoms with van der Waals surface area (Å²) in [6.07, 6.45) is 0. The summed E-state index contributed by atoms with van der Waals surface area (Å²) in [6, 6.07) is 29.3. The van der Waals surface area contributed by atoms with Crippen LogP contribution in [0.5, 0.6) is 5.75 Å². The molecule has 0 bridgehead atoms. The first-order valence-corrected chi connectivity index (χ1v) is 12.1. The Balaban J connectivity index is 1.74. The van der Waals surface area contributed by atoms with Crippen LogP contribution < -0.4 is 10.1 Å². The molecule has 1 aromatic heterocycles. The van der Waals surface area contributed by atoms with Crippen LogP contribution >= 0.6 is 11.8 Å². The number of hydrogen-bond acceptors (Lipinski definition) is 5. The number of anilines is 1. The van der Waals surface area contributed by atoms with E-state index >= 15 is 0 Å². The Kier molecular flexibility index (Phi) is 7.49. The van der Waals surface area contributed by atoms with Gasteiger partial charge < -0.3 is 10.1 Å². The van der Waals surface area contributed by atoms with E-state index in [0.717, 1.165) is 39.4 Å². The zero-order valence-corrected chi connectivity index (χ0v) is 20.6. The van der Waals surface area contributed by atoms with Crippen molar-refractivity contribution in [2.45, 2.75) is 24.1 Å². The highest BCUT2D eigenvalue weighted by atomic mass is 32.2. The number of aromatic nitrogens is 1. The number of benzene rings is 3. The first kappa shape index (κ1) is 24.1. The molecule has 0 aliphatic rings. The van der Waals surface area contributed by atoms with Gasteiger partial charge in [-0.3, -0.25) is 4.79 Å². The number of methoxy groups -OCH3 is 1. The summed E-state index contributed by atoms with van der Waals surface area (Å²) in [4.78, 5) is 17.8. The van der Waals surface area contributed by atoms with Gasteiger partial charge in [0.2, 0.25) is 5.91 Å². The molecule has 0 fully saturated rings. The molecule has 0 saturated heterocycles. The zero-order chi connectivity index (χ0) is 24.8. The topological polar surface area (TPSA) is 75.0 Å². The number of amides is 1. The van der Waals surface area contributed by atoms with Gasteiger partial charge in [0.25, 0.3) is 0 Å². The number of rotatable bonds is 7. The molecule has 1 atom stereocenters. The summed E-state index contributed by atoms with van der Waals surface area (Å²) in [5.41, 5.74) is 5.52. The minimum Gasteiger partial charge on any atom is -0.497 e. The number of carbonyl (C=O) groups is 1. The fraction of sp³-hybridized carbons (Fsp3) is 0.138. The van der Waals surface area contributed by atoms with Gasteiger partial charge in [0.1, 0.15) is 16.8 Å². The molecule has 1 N–H and O–H groups in total. The van der Waals surface area contributed by atoms with Gasteiger partial charge in [0.15, 0.2) is 0 Å². The van der Waals surface area contributed by atoms with E-state index in [9.17, 15) is 10.1 Å². The summed E-state index contributed by atoms with van der Waals surface area (Å²) < 4.78 is 5.29. The molecular formula is C29H25N3O2S. The average Bonchev–Trinajstić information content (AvgIpc) is 2.90. The highest BCUT2D eigenvalue weighted by Gasteiger charge is 2.22. The molecule has 0 unspecified atom stereocenters. The number of pyridine rings is 1. The van der Waals surface area contributed by atoms with Crippen LogP contribution in [0.1, 0.15) is 18.1 Å². The van der Waals surface area contributed by atoms with Crippen LogP contribution in [0, 0.1) is 18.3 Å². The minimum atomic E-state index is -0.469. The van der Waals surface area contributed by atoms with Gasteiger partial charge in [-0.05, 0) is 49.2 Å². The van der Waals surface area contributed by atoms with Crippen LogP contribution in [0.2, 0.25) is 0 Å². The third-order valence-electron chi connectivity index (χ3n) is 5.63. The maximum absolute atomic E-state index is 13.0. The van der Waals surface area contributed by atoms with Crippen molar-refractivity contribution in [3.05, 3.63) is 96.1 Å². The molecule has 174 valence electrons. The highest BCUT2D eigenvalue weighted by Crippen LogP contribution is 2.36. The SMILES string of the molecule is COc1ccc(-c2cc(-c3ccccc3)nc(S[C@@H](C)C(=O)Nc3ccccc3C)c2C#N)cc1. The fourth-order valence-electron chi connectivity index (χ4n) is 3.64. The lowest BCUT2D eigenvalue weighted by Crippen LogP contribution is -2.23. The lowest BCUT2D eigenvalue weighted by Gasteiger charge is -2.16. The summed E-state index contributed by atoms with van der Waals surface area (Å²) in [6.45, 7) is 3.77. The standard InChI is InChI=1S/C29H25N3O2S/c1-19-9-7-8-12-26(19)31-28(33)20(2)35-29-25(18-30)24(21-13-15-23(34-3)16-14-21)17-27(32-29)22-10-5-4-6-11-22/h4-17,20H,1-3H3,(H,31,33)/t20-/m0/s1. The van der Waals surface area contributed by atoms with Crippen molar-refractivity contribution in [2.75, 3.05) is 12.4 Å². The lowest BCUT2D eigenvalue weighted by atomic mass is 9.99. The van der Waals surface area contributed by atoms with Crippen LogP contribution in [0.25, 0.3) is 22.4 Å². The molecular weight excluding hydrogens is 454 g/mol. The Morgan fingerprint density at radius 1 is 1.00 bits per heavy atom. The quantitative estimate of drug-likeness (QED) is 0.298. The maximum atomic E-state index is 13.0. The Hall–Kier alpha value is -4.08. The van der Waals surface area contributed by atoms with Gasteiger partial charge >= 0.3 is 0 Å². The smallest absolute Gasteiger partial charge is 0.237 e. The predicted octanol–water partition coefficient (Wildman–Crippen LogP) is 6.72. The van der Waals surface area contributed by atoms with E-state index < -0.39 is 5.25 Å². The minimum absolute atomic E-state index is 0.147. The summed E-state index contributed by atoms with van der Waals surface area (Å²) in [5, 5.41) is 13.2. The average molecular weight is 480 g/mol. The van der Waals surface area contributed by atoms with Crippen LogP contribution in [-0.4, -0.2) is 23.3 Å². The Bertz CT molecular complexity index is 1380. The highest BCUT2D eigenvalue weighted by molar-refractivity contribution is 8.00. The maximum Gasteiger partial charge on any atom is 0.237 e. The second kappa shape index (κ2) is 10.9. The van der Waals surface area contributed by atoms with Crippen molar-refractivity contribution in [3.8, 4) is 34.2 Å². The van der Waals surface area contributed by atoms with Crippen molar-refractivity contribution < 1.29 is 9.53 Å². The molecule has 1 amide bonds. The zero-order valence-electron chi connectivity index (χ0n) is 19.8. The largest absolute Gasteiger partial charge is 0.497 e. The number of hydrogen-bond donors (Lipinski definition) is 1. The third kappa shape index (κ3) is 5.53. The second-order valence-corrected chi connectivity index (χ2v) is 9.34. The number of nitriles is 1. The first-order chi connectivity index (χ1) is 17.0. The number of ether oxygens (including phenoxy) is 1. The normalized spacial score (nSPS) is 11.4. The van der Waals surface area contributed by atoms with E-state index in [4.69, 9.17) is 9.72 Å².